The molecule has 0 radical (unpaired) electrons. The maximum absolute atomic E-state index is 9.54. The van der Waals surface area contributed by atoms with E-state index in [0.717, 1.165) is 18.9 Å². The number of aromatic hydroxyl groups is 1. The first-order chi connectivity index (χ1) is 9.25. The molecule has 0 bridgehead atoms. The average Bonchev–Trinajstić information content (AvgIpc) is 2.33. The molecule has 0 heterocycles. The van der Waals surface area contributed by atoms with Crippen LogP contribution in [-0.2, 0) is 12.8 Å². The number of rotatable bonds is 2. The second kappa shape index (κ2) is 4.24. The summed E-state index contributed by atoms with van der Waals surface area (Å²) in [7, 11) is 0. The van der Waals surface area contributed by atoms with Crippen LogP contribution in [0.5, 0.6) is 5.75 Å². The minimum absolute atomic E-state index is 0.414. The molecule has 2 unspecified atom stereocenters. The second-order valence-corrected chi connectivity index (χ2v) is 6.87. The number of hydrogen-bond acceptors (Lipinski definition) is 2. The van der Waals surface area contributed by atoms with Crippen LogP contribution in [0.15, 0.2) is 18.2 Å². The quantitative estimate of drug-likeness (QED) is 0.853. The van der Waals surface area contributed by atoms with Crippen LogP contribution in [0.1, 0.15) is 49.7 Å². The van der Waals surface area contributed by atoms with Crippen molar-refractivity contribution in [2.24, 2.45) is 5.41 Å². The first-order valence-corrected chi connectivity index (χ1v) is 7.82. The lowest BCUT2D eigenvalue weighted by molar-refractivity contribution is -0.0234. The van der Waals surface area contributed by atoms with Crippen molar-refractivity contribution < 1.29 is 5.11 Å². The molecular weight excluding hydrogens is 234 g/mol. The zero-order chi connectivity index (χ0) is 12.9. The molecule has 2 nitrogen and oxygen atoms in total. The number of nitrogens with one attached hydrogen (secondary N) is 1. The van der Waals surface area contributed by atoms with Crippen LogP contribution in [0.25, 0.3) is 0 Å². The Balaban J connectivity index is 1.43. The number of fused-ring (bicyclic) bond motifs is 1. The van der Waals surface area contributed by atoms with Crippen molar-refractivity contribution in [3.8, 4) is 5.75 Å². The van der Waals surface area contributed by atoms with Gasteiger partial charge in [0.1, 0.15) is 5.75 Å². The van der Waals surface area contributed by atoms with E-state index in [1.165, 1.54) is 49.7 Å². The molecule has 4 rings (SSSR count). The van der Waals surface area contributed by atoms with Crippen molar-refractivity contribution in [3.63, 3.8) is 0 Å². The topological polar surface area (TPSA) is 32.3 Å². The van der Waals surface area contributed by atoms with Crippen LogP contribution in [0.4, 0.5) is 0 Å². The third-order valence-electron chi connectivity index (χ3n) is 5.87. The molecule has 0 aromatic heterocycles. The summed E-state index contributed by atoms with van der Waals surface area (Å²) in [5.41, 5.74) is 3.49. The number of phenolic OH excluding ortho intramolecular Hbond substituents is 1. The summed E-state index contributed by atoms with van der Waals surface area (Å²) in [6, 6.07) is 7.34. The highest BCUT2D eigenvalue weighted by atomic mass is 16.3. The highest BCUT2D eigenvalue weighted by molar-refractivity contribution is 5.37. The fourth-order valence-corrected chi connectivity index (χ4v) is 4.35. The Morgan fingerprint density at radius 3 is 2.68 bits per heavy atom. The molecule has 2 fully saturated rings. The molecule has 1 aromatic rings. The van der Waals surface area contributed by atoms with Crippen LogP contribution in [0.3, 0.4) is 0 Å². The molecular formula is C17H23NO. The smallest absolute Gasteiger partial charge is 0.115 e. The fraction of sp³-hybridized carbons (Fsp3) is 0.647. The number of benzene rings is 1. The van der Waals surface area contributed by atoms with Gasteiger partial charge >= 0.3 is 0 Å². The molecule has 1 spiro atoms. The highest BCUT2D eigenvalue weighted by Gasteiger charge is 2.50. The van der Waals surface area contributed by atoms with E-state index in [-0.39, 0.29) is 0 Å². The Morgan fingerprint density at radius 2 is 2.00 bits per heavy atom. The zero-order valence-corrected chi connectivity index (χ0v) is 11.5. The van der Waals surface area contributed by atoms with E-state index in [2.05, 4.69) is 11.4 Å². The fourth-order valence-electron chi connectivity index (χ4n) is 4.35. The Morgan fingerprint density at radius 1 is 1.11 bits per heavy atom. The van der Waals surface area contributed by atoms with Gasteiger partial charge in [0, 0.05) is 12.1 Å². The predicted molar refractivity (Wildman–Crippen MR) is 76.4 cm³/mol. The summed E-state index contributed by atoms with van der Waals surface area (Å²) < 4.78 is 0. The van der Waals surface area contributed by atoms with E-state index >= 15 is 0 Å². The molecule has 2 N–H and O–H groups in total. The molecule has 2 saturated carbocycles. The van der Waals surface area contributed by atoms with E-state index in [0.29, 0.717) is 17.2 Å². The summed E-state index contributed by atoms with van der Waals surface area (Å²) in [4.78, 5) is 0. The van der Waals surface area contributed by atoms with Crippen molar-refractivity contribution in [2.75, 3.05) is 0 Å². The highest BCUT2D eigenvalue weighted by Crippen LogP contribution is 2.56. The number of hydrogen-bond donors (Lipinski definition) is 2. The maximum atomic E-state index is 9.54. The van der Waals surface area contributed by atoms with E-state index in [9.17, 15) is 5.11 Å². The Labute approximate surface area is 115 Å². The van der Waals surface area contributed by atoms with Gasteiger partial charge in [0.25, 0.3) is 0 Å². The Bertz CT molecular complexity index is 487. The van der Waals surface area contributed by atoms with Crippen molar-refractivity contribution in [2.45, 2.75) is 63.5 Å². The summed E-state index contributed by atoms with van der Waals surface area (Å²) in [5.74, 6) is 0.414. The van der Waals surface area contributed by atoms with Crippen molar-refractivity contribution in [1.29, 1.82) is 0 Å². The third-order valence-corrected chi connectivity index (χ3v) is 5.87. The van der Waals surface area contributed by atoms with Gasteiger partial charge in [-0.05, 0) is 73.6 Å². The third kappa shape index (κ3) is 1.88. The molecule has 3 aliphatic carbocycles. The Kier molecular flexibility index (Phi) is 2.63. The van der Waals surface area contributed by atoms with Gasteiger partial charge < -0.3 is 10.4 Å². The molecule has 102 valence electrons. The zero-order valence-electron chi connectivity index (χ0n) is 11.5. The van der Waals surface area contributed by atoms with Gasteiger partial charge in [0.2, 0.25) is 0 Å². The van der Waals surface area contributed by atoms with Crippen LogP contribution in [0.2, 0.25) is 0 Å². The first-order valence-electron chi connectivity index (χ1n) is 7.82. The maximum Gasteiger partial charge on any atom is 0.115 e. The summed E-state index contributed by atoms with van der Waals surface area (Å²) >= 11 is 0. The van der Waals surface area contributed by atoms with Gasteiger partial charge in [0.15, 0.2) is 0 Å². The van der Waals surface area contributed by atoms with E-state index < -0.39 is 0 Å². The van der Waals surface area contributed by atoms with Crippen molar-refractivity contribution in [1.82, 2.24) is 5.32 Å². The van der Waals surface area contributed by atoms with Gasteiger partial charge in [0.05, 0.1) is 0 Å². The summed E-state index contributed by atoms with van der Waals surface area (Å²) in [6.45, 7) is 0. The summed E-state index contributed by atoms with van der Waals surface area (Å²) in [6.07, 6.45) is 10.7. The molecule has 0 saturated heterocycles. The molecule has 19 heavy (non-hydrogen) atoms. The van der Waals surface area contributed by atoms with Crippen LogP contribution < -0.4 is 5.32 Å². The monoisotopic (exact) mass is 257 g/mol. The van der Waals surface area contributed by atoms with Crippen molar-refractivity contribution >= 4 is 0 Å². The molecule has 2 atom stereocenters. The summed E-state index contributed by atoms with van der Waals surface area (Å²) in [5, 5.41) is 13.5. The number of phenols is 1. The van der Waals surface area contributed by atoms with Gasteiger partial charge in [-0.15, -0.1) is 0 Å². The van der Waals surface area contributed by atoms with Crippen molar-refractivity contribution in [3.05, 3.63) is 29.3 Å². The standard InChI is InChI=1S/C17H23NO/c19-15-5-3-12-10-14(4-2-13(12)11-15)18-16-6-9-17(16)7-1-8-17/h3,5,11,14,16,18-19H,1-2,4,6-10H2. The Hall–Kier alpha value is -1.02. The lowest BCUT2D eigenvalue weighted by atomic mass is 9.53. The van der Waals surface area contributed by atoms with Gasteiger partial charge in [-0.1, -0.05) is 12.5 Å². The predicted octanol–water partition coefficient (Wildman–Crippen LogP) is 3.17. The minimum atomic E-state index is 0.414. The molecule has 0 aliphatic heterocycles. The normalized spacial score (nSPS) is 31.4. The lowest BCUT2D eigenvalue weighted by Gasteiger charge is -2.57. The van der Waals surface area contributed by atoms with E-state index in [4.69, 9.17) is 0 Å². The SMILES string of the molecule is Oc1ccc2c(c1)CCC(NC1CCC13CCC3)C2. The molecule has 3 aliphatic rings. The van der Waals surface area contributed by atoms with Crippen LogP contribution in [0, 0.1) is 5.41 Å². The molecule has 1 aromatic carbocycles. The number of aryl methyl sites for hydroxylation is 1. The van der Waals surface area contributed by atoms with Crippen LogP contribution >= 0.6 is 0 Å². The van der Waals surface area contributed by atoms with E-state index in [1.807, 2.05) is 12.1 Å². The largest absolute Gasteiger partial charge is 0.508 e. The minimum Gasteiger partial charge on any atom is -0.508 e. The molecule has 2 heteroatoms. The van der Waals surface area contributed by atoms with Gasteiger partial charge in [-0.2, -0.15) is 0 Å². The second-order valence-electron chi connectivity index (χ2n) is 6.87. The van der Waals surface area contributed by atoms with Gasteiger partial charge in [-0.25, -0.2) is 0 Å². The van der Waals surface area contributed by atoms with Crippen LogP contribution in [-0.4, -0.2) is 17.2 Å². The first kappa shape index (κ1) is 11.8. The lowest BCUT2D eigenvalue weighted by Crippen LogP contribution is -2.59. The van der Waals surface area contributed by atoms with Gasteiger partial charge in [-0.3, -0.25) is 0 Å². The molecule has 0 amide bonds. The van der Waals surface area contributed by atoms with E-state index in [1.54, 1.807) is 0 Å². The average molecular weight is 257 g/mol.